The van der Waals surface area contributed by atoms with Crippen LogP contribution in [-0.4, -0.2) is 66.7 Å². The molecule has 3 amide bonds. The number of carbonyl (C=O) groups excluding carboxylic acids is 3. The van der Waals surface area contributed by atoms with E-state index in [2.05, 4.69) is 24.5 Å². The third-order valence-corrected chi connectivity index (χ3v) is 9.48. The van der Waals surface area contributed by atoms with E-state index >= 15 is 0 Å². The molecule has 3 fully saturated rings. The lowest BCUT2D eigenvalue weighted by Gasteiger charge is -2.38. The fourth-order valence-electron chi connectivity index (χ4n) is 6.98. The van der Waals surface area contributed by atoms with E-state index in [1.165, 1.54) is 0 Å². The van der Waals surface area contributed by atoms with Crippen molar-refractivity contribution in [3.63, 3.8) is 0 Å². The zero-order chi connectivity index (χ0) is 27.2. The predicted octanol–water partition coefficient (Wildman–Crippen LogP) is 3.37. The number of hydrogen-bond acceptors (Lipinski definition) is 5. The predicted molar refractivity (Wildman–Crippen MR) is 144 cm³/mol. The van der Waals surface area contributed by atoms with Crippen molar-refractivity contribution in [3.05, 3.63) is 41.5 Å². The Labute approximate surface area is 225 Å². The summed E-state index contributed by atoms with van der Waals surface area (Å²) in [6.07, 6.45) is 6.95. The number of anilines is 1. The molecular weight excluding hydrogens is 482 g/mol. The molecule has 8 heteroatoms. The number of nitrogens with one attached hydrogen (secondary N) is 2. The van der Waals surface area contributed by atoms with Crippen molar-refractivity contribution < 1.29 is 23.9 Å². The summed E-state index contributed by atoms with van der Waals surface area (Å²) in [5.41, 5.74) is 1.76. The van der Waals surface area contributed by atoms with Crippen molar-refractivity contribution in [1.29, 1.82) is 0 Å². The number of methoxy groups -OCH3 is 1. The Kier molecular flexibility index (Phi) is 7.40. The summed E-state index contributed by atoms with van der Waals surface area (Å²) in [6, 6.07) is 5.01. The van der Waals surface area contributed by atoms with E-state index < -0.39 is 29.6 Å². The zero-order valence-corrected chi connectivity index (χ0v) is 23.2. The lowest BCUT2D eigenvalue weighted by molar-refractivity contribution is -0.141. The number of amides is 3. The van der Waals surface area contributed by atoms with Crippen molar-refractivity contribution in [2.75, 3.05) is 25.6 Å². The Balaban J connectivity index is 1.42. The highest BCUT2D eigenvalue weighted by molar-refractivity contribution is 6.02. The minimum Gasteiger partial charge on any atom is -0.385 e. The zero-order valence-electron chi connectivity index (χ0n) is 23.2. The normalized spacial score (nSPS) is 35.4. The smallest absolute Gasteiger partial charge is 0.246 e. The molecule has 8 atom stereocenters. The molecule has 2 bridgehead atoms. The molecule has 3 aliphatic heterocycles. The van der Waals surface area contributed by atoms with Crippen molar-refractivity contribution in [3.8, 4) is 0 Å². The van der Waals surface area contributed by atoms with Crippen LogP contribution >= 0.6 is 0 Å². The number of fused-ring (bicyclic) bond motifs is 1. The maximum Gasteiger partial charge on any atom is 0.246 e. The van der Waals surface area contributed by atoms with Crippen LogP contribution in [0.25, 0.3) is 0 Å². The van der Waals surface area contributed by atoms with Gasteiger partial charge >= 0.3 is 0 Å². The SMILES string of the molecule is COCCCN1C(=O)[C@H]2[C@H](C(=O)Nc3ccc(C)c(C)c3)[C@H]3C=C[C@@]2(O3)[C@@H]1C(=O)N[C@@H]1CCC[C@@H](C)[C@@H]1C. The van der Waals surface area contributed by atoms with Gasteiger partial charge in [0.1, 0.15) is 11.6 Å². The summed E-state index contributed by atoms with van der Waals surface area (Å²) in [5, 5.41) is 6.30. The van der Waals surface area contributed by atoms with E-state index in [9.17, 15) is 14.4 Å². The van der Waals surface area contributed by atoms with E-state index in [0.717, 1.165) is 30.4 Å². The Morgan fingerprint density at radius 3 is 2.68 bits per heavy atom. The molecular formula is C30H41N3O5. The summed E-state index contributed by atoms with van der Waals surface area (Å²) >= 11 is 0. The second-order valence-corrected chi connectivity index (χ2v) is 11.7. The number of hydrogen-bond donors (Lipinski definition) is 2. The minimum absolute atomic E-state index is 0.0593. The topological polar surface area (TPSA) is 97.0 Å². The van der Waals surface area contributed by atoms with Gasteiger partial charge < -0.3 is 25.0 Å². The molecule has 38 heavy (non-hydrogen) atoms. The number of ether oxygens (including phenoxy) is 2. The first-order chi connectivity index (χ1) is 18.2. The third-order valence-electron chi connectivity index (χ3n) is 9.48. The molecule has 1 aliphatic carbocycles. The van der Waals surface area contributed by atoms with Gasteiger partial charge in [-0.1, -0.05) is 44.9 Å². The highest BCUT2D eigenvalue weighted by Gasteiger charge is 2.72. The van der Waals surface area contributed by atoms with Crippen LogP contribution in [0.4, 0.5) is 5.69 Å². The Hall–Kier alpha value is -2.71. The van der Waals surface area contributed by atoms with E-state index in [-0.39, 0.29) is 23.8 Å². The fraction of sp³-hybridized carbons (Fsp3) is 0.633. The van der Waals surface area contributed by atoms with Gasteiger partial charge in [0.25, 0.3) is 0 Å². The van der Waals surface area contributed by atoms with Gasteiger partial charge in [-0.3, -0.25) is 14.4 Å². The van der Waals surface area contributed by atoms with Crippen LogP contribution in [0.3, 0.4) is 0 Å². The van der Waals surface area contributed by atoms with Gasteiger partial charge in [0.15, 0.2) is 0 Å². The Morgan fingerprint density at radius 2 is 1.95 bits per heavy atom. The maximum absolute atomic E-state index is 14.0. The number of carbonyl (C=O) groups is 3. The first-order valence-electron chi connectivity index (χ1n) is 14.0. The minimum atomic E-state index is -1.15. The molecule has 8 nitrogen and oxygen atoms in total. The Morgan fingerprint density at radius 1 is 1.16 bits per heavy atom. The standard InChI is InChI=1S/C30H41N3O5/c1-17-10-11-21(16-19(17)3)31-27(34)24-23-12-13-30(38-23)25(24)29(36)33(14-7-15-37-5)26(30)28(35)32-22-9-6-8-18(2)20(22)4/h10-13,16,18,20,22-26H,6-9,14-15H2,1-5H3,(H,31,34)(H,32,35)/t18-,20+,22-,23-,24-,25-,26+,30+/m1/s1. The number of likely N-dealkylation sites (tertiary alicyclic amines) is 1. The maximum atomic E-state index is 14.0. The number of aryl methyl sites for hydroxylation is 2. The van der Waals surface area contributed by atoms with E-state index in [0.29, 0.717) is 37.1 Å². The van der Waals surface area contributed by atoms with Crippen LogP contribution in [0.15, 0.2) is 30.4 Å². The lowest BCUT2D eigenvalue weighted by atomic mass is 9.73. The molecule has 0 radical (unpaired) electrons. The average molecular weight is 524 g/mol. The van der Waals surface area contributed by atoms with Crippen LogP contribution in [0.5, 0.6) is 0 Å². The van der Waals surface area contributed by atoms with Gasteiger partial charge in [0.2, 0.25) is 17.7 Å². The third kappa shape index (κ3) is 4.45. The molecule has 1 saturated carbocycles. The summed E-state index contributed by atoms with van der Waals surface area (Å²) in [4.78, 5) is 43.2. The monoisotopic (exact) mass is 523 g/mol. The second-order valence-electron chi connectivity index (χ2n) is 11.7. The van der Waals surface area contributed by atoms with Crippen molar-refractivity contribution >= 4 is 23.4 Å². The summed E-state index contributed by atoms with van der Waals surface area (Å²) in [5.74, 6) is -1.21. The Bertz CT molecular complexity index is 1130. The van der Waals surface area contributed by atoms with Crippen molar-refractivity contribution in [2.45, 2.75) is 77.2 Å². The first-order valence-corrected chi connectivity index (χ1v) is 14.0. The second kappa shape index (κ2) is 10.5. The van der Waals surface area contributed by atoms with Gasteiger partial charge in [0.05, 0.1) is 17.9 Å². The van der Waals surface area contributed by atoms with Gasteiger partial charge in [-0.15, -0.1) is 0 Å². The van der Waals surface area contributed by atoms with Crippen LogP contribution in [-0.2, 0) is 23.9 Å². The van der Waals surface area contributed by atoms with Crippen LogP contribution in [0.1, 0.15) is 50.7 Å². The van der Waals surface area contributed by atoms with Gasteiger partial charge in [0, 0.05) is 32.0 Å². The highest BCUT2D eigenvalue weighted by Crippen LogP contribution is 2.55. The largest absolute Gasteiger partial charge is 0.385 e. The number of rotatable bonds is 8. The van der Waals surface area contributed by atoms with Gasteiger partial charge in [-0.05, 0) is 61.8 Å². The van der Waals surface area contributed by atoms with Crippen LogP contribution < -0.4 is 10.6 Å². The molecule has 4 aliphatic rings. The number of benzene rings is 1. The van der Waals surface area contributed by atoms with E-state index in [4.69, 9.17) is 9.47 Å². The van der Waals surface area contributed by atoms with Crippen LogP contribution in [0.2, 0.25) is 0 Å². The van der Waals surface area contributed by atoms with Gasteiger partial charge in [-0.25, -0.2) is 0 Å². The van der Waals surface area contributed by atoms with Crippen molar-refractivity contribution in [2.24, 2.45) is 23.7 Å². The number of nitrogens with zero attached hydrogens (tertiary/aromatic N) is 1. The van der Waals surface area contributed by atoms with E-state index in [1.54, 1.807) is 12.0 Å². The van der Waals surface area contributed by atoms with Gasteiger partial charge in [-0.2, -0.15) is 0 Å². The summed E-state index contributed by atoms with van der Waals surface area (Å²) in [6.45, 7) is 9.29. The molecule has 0 unspecified atom stereocenters. The van der Waals surface area contributed by atoms with Crippen molar-refractivity contribution in [1.82, 2.24) is 10.2 Å². The first kappa shape index (κ1) is 26.9. The van der Waals surface area contributed by atoms with E-state index in [1.807, 2.05) is 44.2 Å². The summed E-state index contributed by atoms with van der Waals surface area (Å²) in [7, 11) is 1.62. The molecule has 206 valence electrons. The molecule has 0 aromatic heterocycles. The molecule has 1 aromatic rings. The molecule has 1 aromatic carbocycles. The highest BCUT2D eigenvalue weighted by atomic mass is 16.5. The molecule has 2 N–H and O–H groups in total. The molecule has 1 spiro atoms. The molecule has 5 rings (SSSR count). The lowest BCUT2D eigenvalue weighted by Crippen LogP contribution is -2.58. The molecule has 2 saturated heterocycles. The average Bonchev–Trinajstić information content (AvgIpc) is 3.52. The quantitative estimate of drug-likeness (QED) is 0.402. The molecule has 3 heterocycles. The summed E-state index contributed by atoms with van der Waals surface area (Å²) < 4.78 is 11.7. The fourth-order valence-corrected chi connectivity index (χ4v) is 6.98. The van der Waals surface area contributed by atoms with Crippen LogP contribution in [0, 0.1) is 37.5 Å².